The third-order valence-corrected chi connectivity index (χ3v) is 12.1. The molecule has 4 nitrogen and oxygen atoms in total. The van der Waals surface area contributed by atoms with Crippen LogP contribution < -0.4 is 9.80 Å². The third-order valence-electron chi connectivity index (χ3n) is 12.1. The van der Waals surface area contributed by atoms with E-state index in [0.29, 0.717) is 6.54 Å². The first-order valence-corrected chi connectivity index (χ1v) is 20.8. The first-order valence-electron chi connectivity index (χ1n) is 20.8. The summed E-state index contributed by atoms with van der Waals surface area (Å²) in [7, 11) is 0. The number of anilines is 5. The van der Waals surface area contributed by atoms with Crippen molar-refractivity contribution in [2.24, 2.45) is 0 Å². The van der Waals surface area contributed by atoms with E-state index in [0.717, 1.165) is 77.7 Å². The maximum Gasteiger partial charge on any atom is 0.136 e. The van der Waals surface area contributed by atoms with E-state index in [9.17, 15) is 0 Å². The highest BCUT2D eigenvalue weighted by molar-refractivity contribution is 6.17. The Hall–Kier alpha value is -8.08. The number of benzene rings is 10. The van der Waals surface area contributed by atoms with Crippen LogP contribution in [-0.4, -0.2) is 0 Å². The van der Waals surface area contributed by atoms with Gasteiger partial charge in [0.05, 0.1) is 0 Å². The number of rotatable bonds is 8. The molecule has 0 amide bonds. The van der Waals surface area contributed by atoms with E-state index >= 15 is 0 Å². The van der Waals surface area contributed by atoms with Gasteiger partial charge in [-0.05, 0) is 123 Å². The highest BCUT2D eigenvalue weighted by atomic mass is 16.3. The topological polar surface area (TPSA) is 32.8 Å². The Morgan fingerprint density at radius 3 is 1.67 bits per heavy atom. The van der Waals surface area contributed by atoms with Crippen molar-refractivity contribution in [3.8, 4) is 11.1 Å². The van der Waals surface area contributed by atoms with Crippen LogP contribution in [0.3, 0.4) is 0 Å². The maximum absolute atomic E-state index is 6.30. The fourth-order valence-corrected chi connectivity index (χ4v) is 9.17. The molecule has 0 saturated carbocycles. The van der Waals surface area contributed by atoms with Crippen LogP contribution in [0.15, 0.2) is 227 Å². The average molecular weight is 783 g/mol. The number of fused-ring (bicyclic) bond motifs is 9. The molecule has 0 N–H and O–H groups in total. The van der Waals surface area contributed by atoms with Gasteiger partial charge in [-0.15, -0.1) is 0 Å². The zero-order valence-corrected chi connectivity index (χ0v) is 33.2. The molecule has 0 fully saturated rings. The second kappa shape index (κ2) is 14.3. The van der Waals surface area contributed by atoms with Crippen molar-refractivity contribution in [3.05, 3.63) is 224 Å². The zero-order chi connectivity index (χ0) is 40.3. The van der Waals surface area contributed by atoms with E-state index in [2.05, 4.69) is 204 Å². The van der Waals surface area contributed by atoms with E-state index in [1.54, 1.807) is 0 Å². The van der Waals surface area contributed by atoms with Crippen LogP contribution in [-0.2, 0) is 6.54 Å². The molecule has 0 unspecified atom stereocenters. The van der Waals surface area contributed by atoms with Gasteiger partial charge in [0, 0.05) is 56.5 Å². The molecule has 0 saturated heterocycles. The first kappa shape index (κ1) is 34.9. The Morgan fingerprint density at radius 1 is 0.311 bits per heavy atom. The molecular formula is C57H38N2O2. The van der Waals surface area contributed by atoms with Gasteiger partial charge in [0.25, 0.3) is 0 Å². The van der Waals surface area contributed by atoms with Gasteiger partial charge in [0.1, 0.15) is 22.3 Å². The molecule has 4 heteroatoms. The maximum atomic E-state index is 6.30. The molecule has 10 aromatic carbocycles. The highest BCUT2D eigenvalue weighted by Crippen LogP contribution is 2.43. The van der Waals surface area contributed by atoms with Crippen LogP contribution in [0.4, 0.5) is 28.4 Å². The van der Waals surface area contributed by atoms with Crippen LogP contribution in [0.2, 0.25) is 0 Å². The van der Waals surface area contributed by atoms with Crippen LogP contribution in [0, 0.1) is 0 Å². The van der Waals surface area contributed by atoms with Crippen molar-refractivity contribution < 1.29 is 8.83 Å². The number of hydrogen-bond acceptors (Lipinski definition) is 4. The van der Waals surface area contributed by atoms with E-state index < -0.39 is 0 Å². The summed E-state index contributed by atoms with van der Waals surface area (Å²) in [5.74, 6) is 0. The predicted molar refractivity (Wildman–Crippen MR) is 255 cm³/mol. The Morgan fingerprint density at radius 2 is 0.852 bits per heavy atom. The first-order chi connectivity index (χ1) is 30.2. The van der Waals surface area contributed by atoms with Crippen molar-refractivity contribution in [3.63, 3.8) is 0 Å². The fraction of sp³-hybridized carbons (Fsp3) is 0.0175. The van der Waals surface area contributed by atoms with Crippen LogP contribution >= 0.6 is 0 Å². The van der Waals surface area contributed by atoms with Crippen LogP contribution in [0.1, 0.15) is 5.56 Å². The molecule has 0 radical (unpaired) electrons. The average Bonchev–Trinajstić information content (AvgIpc) is 3.88. The molecule has 0 aliphatic rings. The minimum absolute atomic E-state index is 0.653. The number of furan rings is 2. The third kappa shape index (κ3) is 6.08. The summed E-state index contributed by atoms with van der Waals surface area (Å²) < 4.78 is 12.6. The second-order valence-electron chi connectivity index (χ2n) is 15.7. The molecule has 2 heterocycles. The fourth-order valence-electron chi connectivity index (χ4n) is 9.17. The predicted octanol–water partition coefficient (Wildman–Crippen LogP) is 16.3. The van der Waals surface area contributed by atoms with Crippen molar-refractivity contribution in [1.82, 2.24) is 0 Å². The lowest BCUT2D eigenvalue weighted by atomic mass is 9.98. The lowest BCUT2D eigenvalue weighted by molar-refractivity contribution is 0.668. The van der Waals surface area contributed by atoms with E-state index in [-0.39, 0.29) is 0 Å². The smallest absolute Gasteiger partial charge is 0.136 e. The molecule has 0 aliphatic heterocycles. The number of nitrogens with zero attached hydrogens (tertiary/aromatic N) is 2. The van der Waals surface area contributed by atoms with Gasteiger partial charge in [-0.2, -0.15) is 0 Å². The summed E-state index contributed by atoms with van der Waals surface area (Å²) in [6, 6.07) is 78.0. The summed E-state index contributed by atoms with van der Waals surface area (Å²) in [5.41, 5.74) is 12.6. The number of hydrogen-bond donors (Lipinski definition) is 0. The minimum atomic E-state index is 0.653. The minimum Gasteiger partial charge on any atom is -0.456 e. The van der Waals surface area contributed by atoms with Gasteiger partial charge in [-0.1, -0.05) is 133 Å². The van der Waals surface area contributed by atoms with Gasteiger partial charge in [0.15, 0.2) is 0 Å². The highest BCUT2D eigenvalue weighted by Gasteiger charge is 2.20. The van der Waals surface area contributed by atoms with Gasteiger partial charge in [-0.25, -0.2) is 0 Å². The van der Waals surface area contributed by atoms with Crippen molar-refractivity contribution in [2.75, 3.05) is 9.80 Å². The molecule has 0 spiro atoms. The molecule has 12 aromatic rings. The monoisotopic (exact) mass is 782 g/mol. The summed E-state index contributed by atoms with van der Waals surface area (Å²) in [6.07, 6.45) is 0. The Balaban J connectivity index is 1.03. The molecule has 0 atom stereocenters. The lowest BCUT2D eigenvalue weighted by Crippen LogP contribution is -2.18. The molecule has 12 rings (SSSR count). The lowest BCUT2D eigenvalue weighted by Gasteiger charge is -2.30. The Bertz CT molecular complexity index is 3590. The van der Waals surface area contributed by atoms with Gasteiger partial charge < -0.3 is 18.6 Å². The van der Waals surface area contributed by atoms with Crippen molar-refractivity contribution in [2.45, 2.75) is 6.54 Å². The zero-order valence-electron chi connectivity index (χ0n) is 33.2. The Kier molecular flexibility index (Phi) is 8.20. The second-order valence-corrected chi connectivity index (χ2v) is 15.7. The van der Waals surface area contributed by atoms with E-state index in [1.165, 1.54) is 32.8 Å². The SMILES string of the molecule is c1ccc(-c2ccccc2CN(c2cccc(N(c3ccccc3)c3ccc4ccc5cc6oc7ccccc7c6cc5c4c3)c2)c2ccc3oc4ccccc4c3c2)cc1. The van der Waals surface area contributed by atoms with Crippen LogP contribution in [0.25, 0.3) is 76.5 Å². The van der Waals surface area contributed by atoms with Crippen molar-refractivity contribution in [1.29, 1.82) is 0 Å². The Labute approximate surface area is 352 Å². The van der Waals surface area contributed by atoms with Crippen molar-refractivity contribution >= 4 is 93.9 Å². The molecule has 288 valence electrons. The standard InChI is InChI=1S/C57H38N2O2/c1-3-14-38(15-4-1)47-21-8-7-16-41(47)37-58(44-30-31-56-52(34-44)48-22-9-11-24-54(48)60-56)43-19-13-20-45(33-43)59(42-17-5-2-6-18-42)46-29-28-39-26-27-40-32-57-53(36-51(40)50(39)35-46)49-23-10-12-25-55(49)61-57/h1-36H,37H2. The van der Waals surface area contributed by atoms with E-state index in [1.807, 2.05) is 24.3 Å². The molecule has 2 aromatic heterocycles. The molecule has 0 bridgehead atoms. The summed E-state index contributed by atoms with van der Waals surface area (Å²) >= 11 is 0. The molecule has 0 aliphatic carbocycles. The molecular weight excluding hydrogens is 745 g/mol. The largest absolute Gasteiger partial charge is 0.456 e. The van der Waals surface area contributed by atoms with Gasteiger partial charge in [0.2, 0.25) is 0 Å². The summed E-state index contributed by atoms with van der Waals surface area (Å²) in [4.78, 5) is 4.81. The normalized spacial score (nSPS) is 11.7. The van der Waals surface area contributed by atoms with Gasteiger partial charge in [-0.3, -0.25) is 0 Å². The summed E-state index contributed by atoms with van der Waals surface area (Å²) in [5, 5.41) is 9.20. The van der Waals surface area contributed by atoms with Crippen LogP contribution in [0.5, 0.6) is 0 Å². The summed E-state index contributed by atoms with van der Waals surface area (Å²) in [6.45, 7) is 0.653. The molecule has 61 heavy (non-hydrogen) atoms. The van der Waals surface area contributed by atoms with E-state index in [4.69, 9.17) is 8.83 Å². The quantitative estimate of drug-likeness (QED) is 0.144. The number of para-hydroxylation sites is 3. The van der Waals surface area contributed by atoms with Gasteiger partial charge >= 0.3 is 0 Å².